The Balaban J connectivity index is 1.76. The molecular formula is C21H26N2O4S. The van der Waals surface area contributed by atoms with E-state index in [4.69, 9.17) is 9.47 Å². The van der Waals surface area contributed by atoms with E-state index in [1.54, 1.807) is 6.92 Å². The molecule has 1 aromatic heterocycles. The third-order valence-electron chi connectivity index (χ3n) is 4.68. The Morgan fingerprint density at radius 3 is 2.82 bits per heavy atom. The van der Waals surface area contributed by atoms with Crippen LogP contribution < -0.4 is 10.1 Å². The maximum absolute atomic E-state index is 12.5. The molecule has 1 aliphatic heterocycles. The summed E-state index contributed by atoms with van der Waals surface area (Å²) in [6.45, 7) is 7.52. The third kappa shape index (κ3) is 4.54. The lowest BCUT2D eigenvalue weighted by atomic mass is 10.0. The smallest absolute Gasteiger partial charge is 0.341 e. The summed E-state index contributed by atoms with van der Waals surface area (Å²) in [5, 5.41) is 3.41. The van der Waals surface area contributed by atoms with Crippen LogP contribution in [-0.2, 0) is 22.5 Å². The van der Waals surface area contributed by atoms with Crippen molar-refractivity contribution < 1.29 is 19.1 Å². The van der Waals surface area contributed by atoms with Crippen LogP contribution in [0, 0.1) is 13.8 Å². The molecule has 0 saturated heterocycles. The van der Waals surface area contributed by atoms with Crippen molar-refractivity contribution in [3.05, 3.63) is 45.3 Å². The largest absolute Gasteiger partial charge is 0.483 e. The molecule has 150 valence electrons. The monoisotopic (exact) mass is 402 g/mol. The van der Waals surface area contributed by atoms with E-state index in [0.717, 1.165) is 41.1 Å². The Bertz CT molecular complexity index is 891. The Morgan fingerprint density at radius 1 is 1.29 bits per heavy atom. The molecule has 1 aliphatic rings. The molecule has 0 radical (unpaired) electrons. The molecule has 0 atom stereocenters. The highest BCUT2D eigenvalue weighted by Gasteiger charge is 2.28. The quantitative estimate of drug-likeness (QED) is 0.749. The van der Waals surface area contributed by atoms with Crippen molar-refractivity contribution in [2.45, 2.75) is 33.7 Å². The first-order valence-electron chi connectivity index (χ1n) is 9.39. The van der Waals surface area contributed by atoms with Gasteiger partial charge in [0.15, 0.2) is 6.61 Å². The molecule has 1 amide bonds. The Kier molecular flexibility index (Phi) is 6.36. The van der Waals surface area contributed by atoms with Crippen LogP contribution in [0.1, 0.15) is 38.8 Å². The first kappa shape index (κ1) is 20.4. The van der Waals surface area contributed by atoms with Gasteiger partial charge in [-0.1, -0.05) is 12.1 Å². The van der Waals surface area contributed by atoms with E-state index in [0.29, 0.717) is 22.9 Å². The summed E-state index contributed by atoms with van der Waals surface area (Å²) < 4.78 is 10.9. The predicted molar refractivity (Wildman–Crippen MR) is 110 cm³/mol. The zero-order chi connectivity index (χ0) is 20.3. The molecular weight excluding hydrogens is 376 g/mol. The second-order valence-corrected chi connectivity index (χ2v) is 8.13. The van der Waals surface area contributed by atoms with Crippen molar-refractivity contribution in [1.29, 1.82) is 0 Å². The predicted octanol–water partition coefficient (Wildman–Crippen LogP) is 3.55. The van der Waals surface area contributed by atoms with Crippen LogP contribution in [0.25, 0.3) is 0 Å². The molecule has 6 nitrogen and oxygen atoms in total. The van der Waals surface area contributed by atoms with Crippen LogP contribution in [0.15, 0.2) is 18.2 Å². The van der Waals surface area contributed by atoms with Gasteiger partial charge in [-0.15, -0.1) is 11.3 Å². The maximum atomic E-state index is 12.5. The average molecular weight is 403 g/mol. The summed E-state index contributed by atoms with van der Waals surface area (Å²) >= 11 is 1.45. The van der Waals surface area contributed by atoms with Gasteiger partial charge in [0.05, 0.1) is 12.2 Å². The topological polar surface area (TPSA) is 67.9 Å². The number of esters is 1. The molecule has 2 heterocycles. The Hall–Kier alpha value is -2.38. The molecule has 0 spiro atoms. The number of carbonyl (C=O) groups is 2. The standard InChI is InChI=1S/C21H26N2O4S/c1-5-26-21(25)19-15-8-9-23(4)11-17(15)28-20(19)22-18(24)12-27-16-10-13(2)6-7-14(16)3/h6-7,10H,5,8-9,11-12H2,1-4H3,(H,22,24). The van der Waals surface area contributed by atoms with Crippen LogP contribution in [0.3, 0.4) is 0 Å². The summed E-state index contributed by atoms with van der Waals surface area (Å²) in [5.74, 6) is 0.0153. The number of fused-ring (bicyclic) bond motifs is 1. The summed E-state index contributed by atoms with van der Waals surface area (Å²) in [7, 11) is 2.04. The number of anilines is 1. The first-order valence-corrected chi connectivity index (χ1v) is 10.2. The number of rotatable bonds is 6. The lowest BCUT2D eigenvalue weighted by Gasteiger charge is -2.22. The highest BCUT2D eigenvalue weighted by Crippen LogP contribution is 2.37. The van der Waals surface area contributed by atoms with Gasteiger partial charge in [0.1, 0.15) is 10.8 Å². The van der Waals surface area contributed by atoms with E-state index in [2.05, 4.69) is 10.2 Å². The van der Waals surface area contributed by atoms with Gasteiger partial charge in [-0.2, -0.15) is 0 Å². The average Bonchev–Trinajstić information content (AvgIpc) is 2.99. The molecule has 2 aromatic rings. The van der Waals surface area contributed by atoms with Crippen molar-refractivity contribution in [3.63, 3.8) is 0 Å². The number of carbonyl (C=O) groups excluding carboxylic acids is 2. The van der Waals surface area contributed by atoms with Crippen LogP contribution in [0.5, 0.6) is 5.75 Å². The molecule has 1 aromatic carbocycles. The summed E-state index contributed by atoms with van der Waals surface area (Å²) in [6.07, 6.45) is 0.769. The molecule has 1 N–H and O–H groups in total. The van der Waals surface area contributed by atoms with Gasteiger partial charge in [-0.3, -0.25) is 4.79 Å². The number of likely N-dealkylation sites (N-methyl/N-ethyl adjacent to an activating group) is 1. The van der Waals surface area contributed by atoms with Gasteiger partial charge in [0.25, 0.3) is 5.91 Å². The van der Waals surface area contributed by atoms with Gasteiger partial charge >= 0.3 is 5.97 Å². The molecule has 0 aliphatic carbocycles. The highest BCUT2D eigenvalue weighted by molar-refractivity contribution is 7.17. The molecule has 0 bridgehead atoms. The molecule has 7 heteroatoms. The number of ether oxygens (including phenoxy) is 2. The number of amides is 1. The van der Waals surface area contributed by atoms with Crippen LogP contribution in [0.4, 0.5) is 5.00 Å². The number of nitrogens with one attached hydrogen (secondary N) is 1. The van der Waals surface area contributed by atoms with Crippen molar-refractivity contribution in [2.75, 3.05) is 32.1 Å². The van der Waals surface area contributed by atoms with E-state index in [9.17, 15) is 9.59 Å². The number of hydrogen-bond acceptors (Lipinski definition) is 6. The third-order valence-corrected chi connectivity index (χ3v) is 5.81. The van der Waals surface area contributed by atoms with Crippen LogP contribution >= 0.6 is 11.3 Å². The summed E-state index contributed by atoms with van der Waals surface area (Å²) in [6, 6.07) is 5.87. The number of hydrogen-bond donors (Lipinski definition) is 1. The minimum absolute atomic E-state index is 0.116. The van der Waals surface area contributed by atoms with Crippen LogP contribution in [-0.4, -0.2) is 43.6 Å². The fraction of sp³-hybridized carbons (Fsp3) is 0.429. The minimum atomic E-state index is -0.379. The van der Waals surface area contributed by atoms with E-state index >= 15 is 0 Å². The minimum Gasteiger partial charge on any atom is -0.483 e. The SMILES string of the molecule is CCOC(=O)c1c(NC(=O)COc2cc(C)ccc2C)sc2c1CCN(C)C2. The molecule has 0 unspecified atom stereocenters. The number of aryl methyl sites for hydroxylation is 2. The van der Waals surface area contributed by atoms with E-state index < -0.39 is 0 Å². The fourth-order valence-electron chi connectivity index (χ4n) is 3.21. The normalized spacial score (nSPS) is 13.7. The second-order valence-electron chi connectivity index (χ2n) is 7.02. The van der Waals surface area contributed by atoms with Gasteiger partial charge in [0, 0.05) is 18.0 Å². The van der Waals surface area contributed by atoms with Crippen molar-refractivity contribution in [1.82, 2.24) is 4.90 Å². The van der Waals surface area contributed by atoms with E-state index in [1.807, 2.05) is 39.1 Å². The molecule has 3 rings (SSSR count). The maximum Gasteiger partial charge on any atom is 0.341 e. The lowest BCUT2D eigenvalue weighted by Crippen LogP contribution is -2.26. The molecule has 0 saturated carbocycles. The van der Waals surface area contributed by atoms with Gasteiger partial charge in [-0.25, -0.2) is 4.79 Å². The van der Waals surface area contributed by atoms with Gasteiger partial charge in [-0.05, 0) is 57.0 Å². The second kappa shape index (κ2) is 8.75. The first-order chi connectivity index (χ1) is 13.4. The lowest BCUT2D eigenvalue weighted by molar-refractivity contribution is -0.118. The summed E-state index contributed by atoms with van der Waals surface area (Å²) in [4.78, 5) is 28.3. The highest BCUT2D eigenvalue weighted by atomic mass is 32.1. The zero-order valence-electron chi connectivity index (χ0n) is 16.8. The fourth-order valence-corrected chi connectivity index (χ4v) is 4.54. The summed E-state index contributed by atoms with van der Waals surface area (Å²) in [5.41, 5.74) is 3.53. The molecule has 28 heavy (non-hydrogen) atoms. The van der Waals surface area contributed by atoms with Crippen molar-refractivity contribution >= 4 is 28.2 Å². The number of benzene rings is 1. The number of thiophene rings is 1. The van der Waals surface area contributed by atoms with E-state index in [-0.39, 0.29) is 18.5 Å². The van der Waals surface area contributed by atoms with Gasteiger partial charge < -0.3 is 19.7 Å². The molecule has 0 fully saturated rings. The zero-order valence-corrected chi connectivity index (χ0v) is 17.6. The van der Waals surface area contributed by atoms with Gasteiger partial charge in [0.2, 0.25) is 0 Å². The van der Waals surface area contributed by atoms with E-state index in [1.165, 1.54) is 11.3 Å². The van der Waals surface area contributed by atoms with Crippen molar-refractivity contribution in [3.8, 4) is 5.75 Å². The van der Waals surface area contributed by atoms with Crippen molar-refractivity contribution in [2.24, 2.45) is 0 Å². The van der Waals surface area contributed by atoms with Crippen LogP contribution in [0.2, 0.25) is 0 Å². The Labute approximate surface area is 169 Å². The number of nitrogens with zero attached hydrogens (tertiary/aromatic N) is 1. The Morgan fingerprint density at radius 2 is 2.07 bits per heavy atom.